The maximum absolute atomic E-state index is 15.2. The average Bonchev–Trinajstić information content (AvgIpc) is 3.58. The van der Waals surface area contributed by atoms with Gasteiger partial charge in [-0.05, 0) is 67.5 Å². The van der Waals surface area contributed by atoms with Crippen LogP contribution in [0.4, 0.5) is 13.2 Å². The molecule has 0 spiro atoms. The van der Waals surface area contributed by atoms with Gasteiger partial charge in [0.15, 0.2) is 17.3 Å². The van der Waals surface area contributed by atoms with Crippen LogP contribution in [0.25, 0.3) is 16.9 Å². The van der Waals surface area contributed by atoms with Gasteiger partial charge in [-0.3, -0.25) is 4.79 Å². The minimum Gasteiger partial charge on any atom is -0.336 e. The molecule has 1 aliphatic carbocycles. The highest BCUT2D eigenvalue weighted by atomic mass is 19.1. The van der Waals surface area contributed by atoms with Crippen molar-refractivity contribution in [3.63, 3.8) is 0 Å². The van der Waals surface area contributed by atoms with Gasteiger partial charge >= 0.3 is 0 Å². The minimum atomic E-state index is -0.820. The van der Waals surface area contributed by atoms with E-state index in [-0.39, 0.29) is 34.5 Å². The van der Waals surface area contributed by atoms with Crippen LogP contribution >= 0.6 is 0 Å². The molecule has 2 aromatic carbocycles. The lowest BCUT2D eigenvalue weighted by molar-refractivity contribution is 0.0702. The zero-order valence-corrected chi connectivity index (χ0v) is 18.3. The molecule has 1 aliphatic heterocycles. The largest absolute Gasteiger partial charge is 0.336 e. The topological polar surface area (TPSA) is 87.9 Å². The smallest absolute Gasteiger partial charge is 0.274 e. The van der Waals surface area contributed by atoms with Crippen LogP contribution < -0.4 is 5.73 Å². The van der Waals surface area contributed by atoms with Crippen LogP contribution in [0.1, 0.15) is 53.2 Å². The summed E-state index contributed by atoms with van der Waals surface area (Å²) in [5, 5.41) is 13.3. The number of rotatable bonds is 4. The summed E-state index contributed by atoms with van der Waals surface area (Å²) in [7, 11) is 0. The highest BCUT2D eigenvalue weighted by Gasteiger charge is 2.29. The van der Waals surface area contributed by atoms with E-state index in [1.165, 1.54) is 30.3 Å². The number of nitriles is 1. The van der Waals surface area contributed by atoms with Crippen molar-refractivity contribution in [3.05, 3.63) is 70.7 Å². The van der Waals surface area contributed by atoms with E-state index >= 15 is 8.78 Å². The molecule has 0 bridgehead atoms. The van der Waals surface area contributed by atoms with Gasteiger partial charge in [-0.2, -0.15) is 10.4 Å². The molecule has 1 atom stereocenters. The number of nitrogens with two attached hydrogens (primary N) is 1. The third kappa shape index (κ3) is 4.05. The molecule has 0 radical (unpaired) electrons. The number of carbonyl (C=O) groups excluding carboxylic acids is 1. The first-order valence-electron chi connectivity index (χ1n) is 11.2. The van der Waals surface area contributed by atoms with E-state index in [4.69, 9.17) is 11.0 Å². The number of hydrogen-bond donors (Lipinski definition) is 1. The Morgan fingerprint density at radius 3 is 2.41 bits per heavy atom. The summed E-state index contributed by atoms with van der Waals surface area (Å²) in [4.78, 5) is 14.7. The first-order chi connectivity index (χ1) is 16.4. The minimum absolute atomic E-state index is 0.0288. The second kappa shape index (κ2) is 8.61. The number of halogens is 3. The maximum atomic E-state index is 15.2. The van der Waals surface area contributed by atoms with Gasteiger partial charge in [0.1, 0.15) is 17.6 Å². The van der Waals surface area contributed by atoms with Crippen molar-refractivity contribution in [1.82, 2.24) is 14.7 Å². The van der Waals surface area contributed by atoms with Gasteiger partial charge in [0.25, 0.3) is 5.91 Å². The second-order valence-corrected chi connectivity index (χ2v) is 8.89. The van der Waals surface area contributed by atoms with Gasteiger partial charge in [0.2, 0.25) is 0 Å². The standard InChI is InChI=1S/C25H22F3N5O/c26-19-8-15(5-6-16(19)12-29)23-11-22(25(34)32-7-1-2-18(30)13-32)31-33(23)24-20(27)9-17(10-21(24)28)14-3-4-14/h5-6,8-11,14,18H,1-4,7,13,30H2/t18-/m1/s1. The van der Waals surface area contributed by atoms with Crippen LogP contribution in [-0.4, -0.2) is 39.7 Å². The number of aromatic nitrogens is 2. The van der Waals surface area contributed by atoms with Crippen LogP contribution in [0.15, 0.2) is 36.4 Å². The summed E-state index contributed by atoms with van der Waals surface area (Å²) in [5.74, 6) is -2.70. The number of piperidine rings is 1. The normalized spacial score (nSPS) is 18.1. The number of carbonyl (C=O) groups is 1. The molecule has 1 saturated heterocycles. The van der Waals surface area contributed by atoms with Crippen molar-refractivity contribution < 1.29 is 18.0 Å². The van der Waals surface area contributed by atoms with Crippen LogP contribution in [0, 0.1) is 28.8 Å². The molecular weight excluding hydrogens is 443 g/mol. The predicted octanol–water partition coefficient (Wildman–Crippen LogP) is 4.27. The van der Waals surface area contributed by atoms with Crippen LogP contribution in [0.5, 0.6) is 0 Å². The van der Waals surface area contributed by atoms with E-state index in [1.807, 2.05) is 0 Å². The molecule has 2 heterocycles. The van der Waals surface area contributed by atoms with E-state index in [9.17, 15) is 9.18 Å². The zero-order valence-electron chi connectivity index (χ0n) is 18.3. The fourth-order valence-electron chi connectivity index (χ4n) is 4.42. The summed E-state index contributed by atoms with van der Waals surface area (Å²) < 4.78 is 45.7. The molecular formula is C25H22F3N5O. The van der Waals surface area contributed by atoms with E-state index in [1.54, 1.807) is 11.0 Å². The van der Waals surface area contributed by atoms with Crippen LogP contribution in [-0.2, 0) is 0 Å². The Labute approximate surface area is 194 Å². The van der Waals surface area contributed by atoms with Crippen molar-refractivity contribution in [2.45, 2.75) is 37.6 Å². The lowest BCUT2D eigenvalue weighted by atomic mass is 10.1. The van der Waals surface area contributed by atoms with Gasteiger partial charge in [0, 0.05) is 24.7 Å². The number of hydrogen-bond acceptors (Lipinski definition) is 4. The first kappa shape index (κ1) is 22.2. The molecule has 174 valence electrons. The van der Waals surface area contributed by atoms with Crippen molar-refractivity contribution in [3.8, 4) is 23.0 Å². The fraction of sp³-hybridized carbons (Fsp3) is 0.320. The molecule has 1 saturated carbocycles. The highest BCUT2D eigenvalue weighted by Crippen LogP contribution is 2.41. The summed E-state index contributed by atoms with van der Waals surface area (Å²) in [6.07, 6.45) is 3.31. The van der Waals surface area contributed by atoms with Gasteiger partial charge in [-0.15, -0.1) is 0 Å². The number of likely N-dealkylation sites (tertiary alicyclic amines) is 1. The number of amides is 1. The van der Waals surface area contributed by atoms with E-state index in [2.05, 4.69) is 5.10 Å². The Bertz CT molecular complexity index is 1300. The van der Waals surface area contributed by atoms with Crippen molar-refractivity contribution in [2.24, 2.45) is 5.73 Å². The molecule has 5 rings (SSSR count). The predicted molar refractivity (Wildman–Crippen MR) is 119 cm³/mol. The van der Waals surface area contributed by atoms with Gasteiger partial charge in [0.05, 0.1) is 11.3 Å². The van der Waals surface area contributed by atoms with Gasteiger partial charge in [-0.25, -0.2) is 17.9 Å². The zero-order chi connectivity index (χ0) is 24.0. The molecule has 1 aromatic heterocycles. The van der Waals surface area contributed by atoms with Gasteiger partial charge < -0.3 is 10.6 Å². The quantitative estimate of drug-likeness (QED) is 0.623. The second-order valence-electron chi connectivity index (χ2n) is 8.89. The first-order valence-corrected chi connectivity index (χ1v) is 11.2. The molecule has 1 amide bonds. The SMILES string of the molecule is N#Cc1ccc(-c2cc(C(=O)N3CCC[C@@H](N)C3)nn2-c2c(F)cc(C3CC3)cc2F)cc1F. The number of benzene rings is 2. The molecule has 2 aliphatic rings. The molecule has 6 nitrogen and oxygen atoms in total. The third-order valence-corrected chi connectivity index (χ3v) is 6.36. The highest BCUT2D eigenvalue weighted by molar-refractivity contribution is 5.93. The Kier molecular flexibility index (Phi) is 5.62. The summed E-state index contributed by atoms with van der Waals surface area (Å²) in [5.41, 5.74) is 6.29. The monoisotopic (exact) mass is 465 g/mol. The fourth-order valence-corrected chi connectivity index (χ4v) is 4.42. The van der Waals surface area contributed by atoms with Gasteiger partial charge in [-0.1, -0.05) is 6.07 Å². The summed E-state index contributed by atoms with van der Waals surface area (Å²) in [6.45, 7) is 0.852. The summed E-state index contributed by atoms with van der Waals surface area (Å²) >= 11 is 0. The summed E-state index contributed by atoms with van der Waals surface area (Å²) in [6, 6.07) is 9.35. The Hall–Kier alpha value is -3.64. The molecule has 0 unspecified atom stereocenters. The van der Waals surface area contributed by atoms with Crippen LogP contribution in [0.3, 0.4) is 0 Å². The molecule has 2 fully saturated rings. The van der Waals surface area contributed by atoms with E-state index < -0.39 is 29.0 Å². The maximum Gasteiger partial charge on any atom is 0.274 e. The Morgan fingerprint density at radius 2 is 1.79 bits per heavy atom. The lowest BCUT2D eigenvalue weighted by Crippen LogP contribution is -2.45. The third-order valence-electron chi connectivity index (χ3n) is 6.36. The molecule has 9 heteroatoms. The van der Waals surface area contributed by atoms with Crippen molar-refractivity contribution >= 4 is 5.91 Å². The number of nitrogens with zero attached hydrogens (tertiary/aromatic N) is 4. The van der Waals surface area contributed by atoms with E-state index in [0.717, 1.165) is 36.4 Å². The van der Waals surface area contributed by atoms with Crippen molar-refractivity contribution in [1.29, 1.82) is 5.26 Å². The Balaban J connectivity index is 1.63. The van der Waals surface area contributed by atoms with Crippen molar-refractivity contribution in [2.75, 3.05) is 13.1 Å². The lowest BCUT2D eigenvalue weighted by Gasteiger charge is -2.30. The molecule has 3 aromatic rings. The van der Waals surface area contributed by atoms with E-state index in [0.29, 0.717) is 18.7 Å². The molecule has 34 heavy (non-hydrogen) atoms. The average molecular weight is 465 g/mol. The van der Waals surface area contributed by atoms with Crippen LogP contribution in [0.2, 0.25) is 0 Å². The molecule has 2 N–H and O–H groups in total. The Morgan fingerprint density at radius 1 is 1.06 bits per heavy atom.